The zero-order chi connectivity index (χ0) is 11.4. The summed E-state index contributed by atoms with van der Waals surface area (Å²) in [6.45, 7) is 1.96. The van der Waals surface area contributed by atoms with E-state index in [9.17, 15) is 4.79 Å². The van der Waals surface area contributed by atoms with Gasteiger partial charge >= 0.3 is 5.97 Å². The highest BCUT2D eigenvalue weighted by Gasteiger charge is 2.14. The Kier molecular flexibility index (Phi) is 3.13. The molecule has 1 rings (SSSR count). The number of nitriles is 1. The minimum absolute atomic E-state index is 0.0903. The van der Waals surface area contributed by atoms with Gasteiger partial charge in [0.05, 0.1) is 29.1 Å². The third-order valence-electron chi connectivity index (χ3n) is 1.90. The van der Waals surface area contributed by atoms with Gasteiger partial charge in [-0.3, -0.25) is 0 Å². The Morgan fingerprint density at radius 3 is 2.67 bits per heavy atom. The number of hydrogen-bond donors (Lipinski definition) is 2. The number of ether oxygens (including phenoxy) is 1. The van der Waals surface area contributed by atoms with Gasteiger partial charge in [-0.1, -0.05) is 0 Å². The molecule has 0 fully saturated rings. The summed E-state index contributed by atoms with van der Waals surface area (Å²) in [5.41, 5.74) is 11.8. The number of carbonyl (C=O) groups is 1. The van der Waals surface area contributed by atoms with Crippen LogP contribution < -0.4 is 11.5 Å². The SMILES string of the molecule is CCOC(=O)c1ccc(C#N)c(N)c1N. The molecule has 0 saturated carbocycles. The zero-order valence-corrected chi connectivity index (χ0v) is 8.28. The highest BCUT2D eigenvalue weighted by atomic mass is 16.5. The van der Waals surface area contributed by atoms with E-state index in [1.165, 1.54) is 12.1 Å². The molecule has 0 aliphatic rings. The lowest BCUT2D eigenvalue weighted by Crippen LogP contribution is -2.10. The Morgan fingerprint density at radius 1 is 1.47 bits per heavy atom. The summed E-state index contributed by atoms with van der Waals surface area (Å²) < 4.78 is 4.78. The molecule has 0 aromatic heterocycles. The van der Waals surface area contributed by atoms with E-state index in [1.807, 2.05) is 6.07 Å². The van der Waals surface area contributed by atoms with E-state index in [0.29, 0.717) is 0 Å². The van der Waals surface area contributed by atoms with Crippen molar-refractivity contribution < 1.29 is 9.53 Å². The van der Waals surface area contributed by atoms with E-state index in [0.717, 1.165) is 0 Å². The predicted molar refractivity (Wildman–Crippen MR) is 55.9 cm³/mol. The normalized spacial score (nSPS) is 9.33. The summed E-state index contributed by atoms with van der Waals surface area (Å²) in [4.78, 5) is 11.4. The quantitative estimate of drug-likeness (QED) is 0.551. The third kappa shape index (κ3) is 1.99. The van der Waals surface area contributed by atoms with E-state index in [1.54, 1.807) is 6.92 Å². The predicted octanol–water partition coefficient (Wildman–Crippen LogP) is 0.899. The lowest BCUT2D eigenvalue weighted by atomic mass is 10.1. The molecule has 0 spiro atoms. The average molecular weight is 205 g/mol. The number of nitrogens with two attached hydrogens (primary N) is 2. The molecule has 1 aromatic rings. The van der Waals surface area contributed by atoms with E-state index in [2.05, 4.69) is 0 Å². The highest BCUT2D eigenvalue weighted by molar-refractivity contribution is 5.99. The van der Waals surface area contributed by atoms with Crippen molar-refractivity contribution in [2.24, 2.45) is 0 Å². The van der Waals surface area contributed by atoms with Crippen LogP contribution in [0.4, 0.5) is 11.4 Å². The first-order valence-electron chi connectivity index (χ1n) is 4.37. The van der Waals surface area contributed by atoms with Gasteiger partial charge in [-0.05, 0) is 19.1 Å². The van der Waals surface area contributed by atoms with E-state index >= 15 is 0 Å². The minimum Gasteiger partial charge on any atom is -0.462 e. The van der Waals surface area contributed by atoms with Gasteiger partial charge in [0.25, 0.3) is 0 Å². The first-order chi connectivity index (χ1) is 7.11. The molecule has 4 N–H and O–H groups in total. The Morgan fingerprint density at radius 2 is 2.13 bits per heavy atom. The first kappa shape index (κ1) is 10.9. The van der Waals surface area contributed by atoms with Crippen LogP contribution >= 0.6 is 0 Å². The molecule has 5 heteroatoms. The molecule has 0 unspecified atom stereocenters. The van der Waals surface area contributed by atoms with Crippen molar-refractivity contribution in [1.82, 2.24) is 0 Å². The highest BCUT2D eigenvalue weighted by Crippen LogP contribution is 2.24. The van der Waals surface area contributed by atoms with Crippen molar-refractivity contribution in [1.29, 1.82) is 5.26 Å². The van der Waals surface area contributed by atoms with Crippen LogP contribution in [-0.2, 0) is 4.74 Å². The smallest absolute Gasteiger partial charge is 0.340 e. The molecule has 1 aromatic carbocycles. The Hall–Kier alpha value is -2.22. The largest absolute Gasteiger partial charge is 0.462 e. The second-order valence-corrected chi connectivity index (χ2v) is 2.82. The van der Waals surface area contributed by atoms with Gasteiger partial charge < -0.3 is 16.2 Å². The summed E-state index contributed by atoms with van der Waals surface area (Å²) in [7, 11) is 0. The fourth-order valence-corrected chi connectivity index (χ4v) is 1.12. The van der Waals surface area contributed by atoms with Crippen LogP contribution in [0.15, 0.2) is 12.1 Å². The molecule has 78 valence electrons. The van der Waals surface area contributed by atoms with Crippen LogP contribution in [0.2, 0.25) is 0 Å². The first-order valence-corrected chi connectivity index (χ1v) is 4.37. The van der Waals surface area contributed by atoms with Crippen molar-refractivity contribution in [2.45, 2.75) is 6.92 Å². The molecular formula is C10H11N3O2. The molecule has 0 radical (unpaired) electrons. The van der Waals surface area contributed by atoms with Crippen LogP contribution in [0.25, 0.3) is 0 Å². The van der Waals surface area contributed by atoms with Crippen molar-refractivity contribution in [3.05, 3.63) is 23.3 Å². The van der Waals surface area contributed by atoms with Gasteiger partial charge in [-0.25, -0.2) is 4.79 Å². The number of hydrogen-bond acceptors (Lipinski definition) is 5. The summed E-state index contributed by atoms with van der Waals surface area (Å²) >= 11 is 0. The topological polar surface area (TPSA) is 102 Å². The molecule has 0 aliphatic carbocycles. The monoisotopic (exact) mass is 205 g/mol. The third-order valence-corrected chi connectivity index (χ3v) is 1.90. The number of rotatable bonds is 2. The number of esters is 1. The molecule has 0 saturated heterocycles. The lowest BCUT2D eigenvalue weighted by Gasteiger charge is -2.08. The van der Waals surface area contributed by atoms with E-state index in [4.69, 9.17) is 21.5 Å². The zero-order valence-electron chi connectivity index (χ0n) is 8.28. The van der Waals surface area contributed by atoms with Gasteiger partial charge in [0.15, 0.2) is 0 Å². The molecule has 15 heavy (non-hydrogen) atoms. The summed E-state index contributed by atoms with van der Waals surface area (Å²) in [5, 5.41) is 8.67. The van der Waals surface area contributed by atoms with Crippen LogP contribution in [0.3, 0.4) is 0 Å². The van der Waals surface area contributed by atoms with Crippen molar-refractivity contribution in [3.8, 4) is 6.07 Å². The van der Waals surface area contributed by atoms with Gasteiger partial charge in [0.1, 0.15) is 6.07 Å². The standard InChI is InChI=1S/C10H11N3O2/c1-2-15-10(14)7-4-3-6(5-11)8(12)9(7)13/h3-4H,2,12-13H2,1H3. The van der Waals surface area contributed by atoms with E-state index < -0.39 is 5.97 Å². The number of benzene rings is 1. The second-order valence-electron chi connectivity index (χ2n) is 2.82. The molecule has 0 heterocycles. The maximum Gasteiger partial charge on any atom is 0.340 e. The van der Waals surface area contributed by atoms with Crippen LogP contribution in [0.5, 0.6) is 0 Å². The molecule has 0 amide bonds. The Bertz CT molecular complexity index is 435. The number of nitrogens with zero attached hydrogens (tertiary/aromatic N) is 1. The maximum atomic E-state index is 11.4. The number of anilines is 2. The van der Waals surface area contributed by atoms with Crippen molar-refractivity contribution in [2.75, 3.05) is 18.1 Å². The maximum absolute atomic E-state index is 11.4. The molecule has 0 atom stereocenters. The summed E-state index contributed by atoms with van der Waals surface area (Å²) in [6.07, 6.45) is 0. The summed E-state index contributed by atoms with van der Waals surface area (Å²) in [6, 6.07) is 4.75. The van der Waals surface area contributed by atoms with Gasteiger partial charge in [-0.2, -0.15) is 5.26 Å². The van der Waals surface area contributed by atoms with Crippen LogP contribution in [0.1, 0.15) is 22.8 Å². The number of nitrogen functional groups attached to an aromatic ring is 2. The second kappa shape index (κ2) is 4.33. The van der Waals surface area contributed by atoms with E-state index in [-0.39, 0.29) is 29.1 Å². The lowest BCUT2D eigenvalue weighted by molar-refractivity contribution is 0.0527. The molecular weight excluding hydrogens is 194 g/mol. The summed E-state index contributed by atoms with van der Waals surface area (Å²) in [5.74, 6) is -0.536. The minimum atomic E-state index is -0.536. The molecule has 0 aliphatic heterocycles. The Labute approximate surface area is 87.2 Å². The van der Waals surface area contributed by atoms with Gasteiger partial charge in [0, 0.05) is 0 Å². The Balaban J connectivity index is 3.19. The molecule has 0 bridgehead atoms. The number of carbonyl (C=O) groups excluding carboxylic acids is 1. The average Bonchev–Trinajstić information content (AvgIpc) is 2.22. The van der Waals surface area contributed by atoms with Crippen molar-refractivity contribution in [3.63, 3.8) is 0 Å². The van der Waals surface area contributed by atoms with Gasteiger partial charge in [0.2, 0.25) is 0 Å². The van der Waals surface area contributed by atoms with Gasteiger partial charge in [-0.15, -0.1) is 0 Å². The van der Waals surface area contributed by atoms with Crippen LogP contribution in [0, 0.1) is 11.3 Å². The molecule has 5 nitrogen and oxygen atoms in total. The fraction of sp³-hybridized carbons (Fsp3) is 0.200. The van der Waals surface area contributed by atoms with Crippen LogP contribution in [-0.4, -0.2) is 12.6 Å². The van der Waals surface area contributed by atoms with Crippen molar-refractivity contribution >= 4 is 17.3 Å². The fourth-order valence-electron chi connectivity index (χ4n) is 1.12.